The Hall–Kier alpha value is -5.75. The lowest BCUT2D eigenvalue weighted by molar-refractivity contribution is -0.141. The van der Waals surface area contributed by atoms with Gasteiger partial charge in [0.05, 0.1) is 19.6 Å². The number of rotatable bonds is 21. The third-order valence-corrected chi connectivity index (χ3v) is 6.19. The Morgan fingerprint density at radius 1 is 0.723 bits per heavy atom. The highest BCUT2D eigenvalue weighted by Crippen LogP contribution is 2.04. The predicted molar refractivity (Wildman–Crippen MR) is 167 cm³/mol. The van der Waals surface area contributed by atoms with Crippen molar-refractivity contribution in [2.45, 2.75) is 57.2 Å². The number of hydrogen-bond donors (Lipinski definition) is 10. The van der Waals surface area contributed by atoms with Crippen LogP contribution >= 0.6 is 0 Å². The minimum Gasteiger partial charge on any atom is -0.480 e. The molecule has 3 atom stereocenters. The number of carbonyl (C=O) groups excluding carboxylic acids is 7. The minimum absolute atomic E-state index is 0.00737. The summed E-state index contributed by atoms with van der Waals surface area (Å²) in [6, 6.07) is 4.85. The van der Waals surface area contributed by atoms with Gasteiger partial charge in [0.15, 0.2) is 5.96 Å². The van der Waals surface area contributed by atoms with Crippen molar-refractivity contribution in [3.8, 4) is 0 Å². The molecule has 13 N–H and O–H groups in total. The normalized spacial score (nSPS) is 12.2. The summed E-state index contributed by atoms with van der Waals surface area (Å²) in [6.07, 6.45) is -0.220. The van der Waals surface area contributed by atoms with Crippen LogP contribution in [0.5, 0.6) is 0 Å². The van der Waals surface area contributed by atoms with Gasteiger partial charge in [0.25, 0.3) is 0 Å². The molecule has 0 aliphatic rings. The van der Waals surface area contributed by atoms with E-state index in [2.05, 4.69) is 36.9 Å². The van der Waals surface area contributed by atoms with E-state index in [-0.39, 0.29) is 44.6 Å². The van der Waals surface area contributed by atoms with Crippen LogP contribution in [0.3, 0.4) is 0 Å². The van der Waals surface area contributed by atoms with Crippen LogP contribution in [0.1, 0.15) is 38.2 Å². The van der Waals surface area contributed by atoms with Crippen molar-refractivity contribution >= 4 is 53.3 Å². The molecule has 0 saturated heterocycles. The van der Waals surface area contributed by atoms with Crippen LogP contribution in [0.25, 0.3) is 0 Å². The molecule has 1 aromatic rings. The first kappa shape index (κ1) is 39.3. The molecule has 1 unspecified atom stereocenters. The van der Waals surface area contributed by atoms with Gasteiger partial charge in [0.1, 0.15) is 18.1 Å². The van der Waals surface area contributed by atoms with Crippen molar-refractivity contribution in [3.63, 3.8) is 0 Å². The number of carboxylic acids is 1. The fraction of sp³-hybridized carbons (Fsp3) is 0.464. The average Bonchev–Trinajstić information content (AvgIpc) is 3.00. The molecular weight excluding hydrogens is 620 g/mol. The topological polar surface area (TPSA) is 319 Å². The van der Waals surface area contributed by atoms with E-state index in [1.807, 2.05) is 0 Å². The third kappa shape index (κ3) is 18.0. The molecule has 0 heterocycles. The van der Waals surface area contributed by atoms with Crippen LogP contribution in [0.4, 0.5) is 0 Å². The van der Waals surface area contributed by atoms with Crippen molar-refractivity contribution in [2.24, 2.45) is 22.2 Å². The maximum absolute atomic E-state index is 12.9. The van der Waals surface area contributed by atoms with E-state index in [9.17, 15) is 43.5 Å². The number of amides is 7. The van der Waals surface area contributed by atoms with Crippen molar-refractivity contribution in [1.82, 2.24) is 31.9 Å². The van der Waals surface area contributed by atoms with Crippen LogP contribution in [-0.4, -0.2) is 103 Å². The number of aliphatic carboxylic acids is 1. The molecule has 258 valence electrons. The molecule has 47 heavy (non-hydrogen) atoms. The standard InChI is InChI=1S/C28H42N10O9/c1-16(39)33-13-22(41)37-19(9-10-21(29)40)26(45)35-14-23(42)36-18(8-5-11-32-28(30)31)25(44)34-15-24(43)38-20(27(46)47)12-17-6-3-2-4-7-17/h2-4,6-7,18-20H,5,8-15H2,1H3,(H2,29,40)(H,33,39)(H,34,44)(H,35,45)(H,36,42)(H,37,41)(H,38,43)(H,46,47)(H4,30,31,32)/t18-,19?,20-/m0/s1. The van der Waals surface area contributed by atoms with Gasteiger partial charge in [0.2, 0.25) is 41.4 Å². The number of benzene rings is 1. The van der Waals surface area contributed by atoms with E-state index >= 15 is 0 Å². The lowest BCUT2D eigenvalue weighted by Gasteiger charge is -2.20. The van der Waals surface area contributed by atoms with Crippen molar-refractivity contribution in [1.29, 1.82) is 0 Å². The summed E-state index contributed by atoms with van der Waals surface area (Å²) in [4.78, 5) is 101. The number of aliphatic imine (C=N–C) groups is 1. The number of guanidine groups is 1. The van der Waals surface area contributed by atoms with Gasteiger partial charge in [-0.25, -0.2) is 4.79 Å². The van der Waals surface area contributed by atoms with E-state index in [1.165, 1.54) is 6.92 Å². The first-order valence-corrected chi connectivity index (χ1v) is 14.5. The second-order valence-electron chi connectivity index (χ2n) is 10.2. The monoisotopic (exact) mass is 662 g/mol. The van der Waals surface area contributed by atoms with E-state index < -0.39 is 85.1 Å². The van der Waals surface area contributed by atoms with Gasteiger partial charge in [0, 0.05) is 26.3 Å². The summed E-state index contributed by atoms with van der Waals surface area (Å²) >= 11 is 0. The van der Waals surface area contributed by atoms with Crippen molar-refractivity contribution < 1.29 is 43.5 Å². The fourth-order valence-electron chi connectivity index (χ4n) is 3.90. The molecule has 19 nitrogen and oxygen atoms in total. The predicted octanol–water partition coefficient (Wildman–Crippen LogP) is -4.54. The zero-order chi connectivity index (χ0) is 35.4. The average molecular weight is 663 g/mol. The molecule has 0 aliphatic heterocycles. The summed E-state index contributed by atoms with van der Waals surface area (Å²) in [6.45, 7) is -0.388. The Morgan fingerprint density at radius 2 is 1.21 bits per heavy atom. The number of carboxylic acid groups (broad SMARTS) is 1. The smallest absolute Gasteiger partial charge is 0.326 e. The summed E-state index contributed by atoms with van der Waals surface area (Å²) in [5.74, 6) is -6.66. The molecule has 0 saturated carbocycles. The number of nitrogens with two attached hydrogens (primary N) is 3. The van der Waals surface area contributed by atoms with Gasteiger partial charge >= 0.3 is 5.97 Å². The zero-order valence-electron chi connectivity index (χ0n) is 25.9. The van der Waals surface area contributed by atoms with Crippen LogP contribution in [-0.2, 0) is 44.8 Å². The molecule has 0 aliphatic carbocycles. The van der Waals surface area contributed by atoms with E-state index in [0.29, 0.717) is 5.56 Å². The Morgan fingerprint density at radius 3 is 1.68 bits per heavy atom. The van der Waals surface area contributed by atoms with E-state index in [4.69, 9.17) is 17.2 Å². The number of nitrogens with zero attached hydrogens (tertiary/aromatic N) is 1. The Labute approximate surface area is 270 Å². The van der Waals surface area contributed by atoms with Crippen molar-refractivity contribution in [2.75, 3.05) is 26.2 Å². The molecule has 0 aromatic heterocycles. The number of nitrogens with one attached hydrogen (secondary N) is 6. The van der Waals surface area contributed by atoms with Crippen molar-refractivity contribution in [3.05, 3.63) is 35.9 Å². The highest BCUT2D eigenvalue weighted by atomic mass is 16.4. The highest BCUT2D eigenvalue weighted by Gasteiger charge is 2.25. The first-order valence-electron chi connectivity index (χ1n) is 14.5. The summed E-state index contributed by atoms with van der Waals surface area (Å²) in [5.41, 5.74) is 16.4. The molecule has 19 heteroatoms. The lowest BCUT2D eigenvalue weighted by Crippen LogP contribution is -2.54. The Kier molecular flexibility index (Phi) is 17.6. The number of carbonyl (C=O) groups is 8. The van der Waals surface area contributed by atoms with E-state index in [1.54, 1.807) is 30.3 Å². The van der Waals surface area contributed by atoms with Gasteiger partial charge in [-0.05, 0) is 24.8 Å². The molecule has 0 spiro atoms. The third-order valence-electron chi connectivity index (χ3n) is 6.19. The molecule has 0 bridgehead atoms. The highest BCUT2D eigenvalue weighted by molar-refractivity contribution is 5.94. The largest absolute Gasteiger partial charge is 0.480 e. The van der Waals surface area contributed by atoms with Gasteiger partial charge in [-0.3, -0.25) is 38.6 Å². The molecule has 1 aromatic carbocycles. The zero-order valence-corrected chi connectivity index (χ0v) is 25.9. The maximum Gasteiger partial charge on any atom is 0.326 e. The number of primary amides is 1. The fourth-order valence-corrected chi connectivity index (χ4v) is 3.90. The second kappa shape index (κ2) is 21.1. The number of hydrogen-bond acceptors (Lipinski definition) is 9. The molecule has 0 radical (unpaired) electrons. The molecule has 0 fully saturated rings. The lowest BCUT2D eigenvalue weighted by atomic mass is 10.1. The van der Waals surface area contributed by atoms with Gasteiger partial charge < -0.3 is 54.2 Å². The second-order valence-corrected chi connectivity index (χ2v) is 10.2. The Bertz CT molecular complexity index is 1300. The summed E-state index contributed by atoms with van der Waals surface area (Å²) in [7, 11) is 0. The first-order chi connectivity index (χ1) is 22.2. The molecule has 1 rings (SSSR count). The SMILES string of the molecule is CC(=O)NCC(=O)NC(CCC(N)=O)C(=O)NCC(=O)N[C@@H](CCCN=C(N)N)C(=O)NCC(=O)N[C@@H](Cc1ccccc1)C(=O)O. The Balaban J connectivity index is 2.82. The van der Waals surface area contributed by atoms with Gasteiger partial charge in [-0.2, -0.15) is 0 Å². The van der Waals surface area contributed by atoms with Gasteiger partial charge in [-0.1, -0.05) is 30.3 Å². The van der Waals surface area contributed by atoms with E-state index in [0.717, 1.165) is 0 Å². The minimum atomic E-state index is -1.27. The quantitative estimate of drug-likeness (QED) is 0.0339. The molecule has 7 amide bonds. The van der Waals surface area contributed by atoms with Gasteiger partial charge in [-0.15, -0.1) is 0 Å². The van der Waals surface area contributed by atoms with Crippen LogP contribution < -0.4 is 49.1 Å². The summed E-state index contributed by atoms with van der Waals surface area (Å²) in [5, 5.41) is 23.5. The molecular formula is C28H42N10O9. The summed E-state index contributed by atoms with van der Waals surface area (Å²) < 4.78 is 0. The van der Waals surface area contributed by atoms with Crippen LogP contribution in [0.15, 0.2) is 35.3 Å². The van der Waals surface area contributed by atoms with Crippen LogP contribution in [0, 0.1) is 0 Å². The van der Waals surface area contributed by atoms with Crippen LogP contribution in [0.2, 0.25) is 0 Å². The maximum atomic E-state index is 12.9.